The molecule has 1 aliphatic heterocycles. The summed E-state index contributed by atoms with van der Waals surface area (Å²) in [4.78, 5) is 64.1. The summed E-state index contributed by atoms with van der Waals surface area (Å²) >= 11 is 0. The van der Waals surface area contributed by atoms with Crippen LogP contribution in [-0.4, -0.2) is 80.8 Å². The van der Waals surface area contributed by atoms with Gasteiger partial charge < -0.3 is 40.6 Å². The van der Waals surface area contributed by atoms with Crippen LogP contribution in [0.3, 0.4) is 0 Å². The maximum Gasteiger partial charge on any atom is 0.408 e. The van der Waals surface area contributed by atoms with Gasteiger partial charge in [-0.3, -0.25) is 9.59 Å². The van der Waals surface area contributed by atoms with E-state index in [4.69, 9.17) is 30.4 Å². The van der Waals surface area contributed by atoms with E-state index in [1.807, 2.05) is 54.5 Å². The van der Waals surface area contributed by atoms with Crippen LogP contribution in [0.25, 0.3) is 0 Å². The molecule has 13 nitrogen and oxygen atoms in total. The Morgan fingerprint density at radius 1 is 0.926 bits per heavy atom. The van der Waals surface area contributed by atoms with Crippen molar-refractivity contribution < 1.29 is 42.9 Å². The van der Waals surface area contributed by atoms with Crippen LogP contribution in [0.5, 0.6) is 0 Å². The molecule has 2 amide bonds. The number of ether oxygens (including phenoxy) is 4. The molecular formula is C41H44N4O9. The predicted molar refractivity (Wildman–Crippen MR) is 198 cm³/mol. The number of nitrogens with zero attached hydrogens (tertiary/aromatic N) is 1. The number of methoxy groups -OCH3 is 2. The molecule has 54 heavy (non-hydrogen) atoms. The van der Waals surface area contributed by atoms with Crippen molar-refractivity contribution in [1.82, 2.24) is 10.2 Å². The maximum atomic E-state index is 13.2. The van der Waals surface area contributed by atoms with Crippen molar-refractivity contribution in [2.75, 3.05) is 34.0 Å². The Morgan fingerprint density at radius 3 is 2.26 bits per heavy atom. The van der Waals surface area contributed by atoms with Gasteiger partial charge in [-0.2, -0.15) is 0 Å². The lowest BCUT2D eigenvalue weighted by atomic mass is 9.84. The molecule has 1 heterocycles. The van der Waals surface area contributed by atoms with Crippen LogP contribution in [-0.2, 0) is 64.1 Å². The zero-order valence-corrected chi connectivity index (χ0v) is 30.6. The van der Waals surface area contributed by atoms with Crippen molar-refractivity contribution in [2.24, 2.45) is 17.4 Å². The molecule has 4 rings (SSSR count). The fourth-order valence-electron chi connectivity index (χ4n) is 6.10. The van der Waals surface area contributed by atoms with Crippen LogP contribution in [0.2, 0.25) is 0 Å². The monoisotopic (exact) mass is 736 g/mol. The summed E-state index contributed by atoms with van der Waals surface area (Å²) in [5, 5.41) is 2.71. The van der Waals surface area contributed by atoms with Crippen LogP contribution in [0, 0.1) is 29.6 Å². The molecule has 0 aromatic heterocycles. The number of esters is 2. The summed E-state index contributed by atoms with van der Waals surface area (Å²) in [5.41, 5.74) is 16.3. The van der Waals surface area contributed by atoms with Gasteiger partial charge in [0.15, 0.2) is 13.2 Å². The average molecular weight is 737 g/mol. The number of benzene rings is 2. The summed E-state index contributed by atoms with van der Waals surface area (Å²) in [6, 6.07) is 13.6. The van der Waals surface area contributed by atoms with E-state index in [-0.39, 0.29) is 56.3 Å². The summed E-state index contributed by atoms with van der Waals surface area (Å²) in [6.07, 6.45) is 1.65. The van der Waals surface area contributed by atoms with Gasteiger partial charge in [-0.15, -0.1) is 0 Å². The van der Waals surface area contributed by atoms with E-state index in [2.05, 4.69) is 29.0 Å². The van der Waals surface area contributed by atoms with Crippen LogP contribution >= 0.6 is 0 Å². The zero-order valence-electron chi connectivity index (χ0n) is 30.6. The largest absolute Gasteiger partial charge is 0.496 e. The number of hydrogen-bond donors (Lipinski definition) is 3. The number of amides is 2. The highest BCUT2D eigenvalue weighted by atomic mass is 16.5. The van der Waals surface area contributed by atoms with E-state index < -0.39 is 36.0 Å². The lowest BCUT2D eigenvalue weighted by molar-refractivity contribution is -0.150. The molecule has 0 radical (unpaired) electrons. The van der Waals surface area contributed by atoms with Crippen LogP contribution in [0.1, 0.15) is 42.0 Å². The SMILES string of the molecule is COC(=O)C1CC(NC(=O)OCC#CC2=C(C)C(C#CCOC(=O)Cc3cccc(CN)c3)C(=C=O)C(OC)=C2)CN1C(=O)CCc1cccc(CN)c1. The quantitative estimate of drug-likeness (QED) is 0.126. The first-order valence-corrected chi connectivity index (χ1v) is 17.3. The maximum absolute atomic E-state index is 13.2. The minimum atomic E-state index is -0.848. The van der Waals surface area contributed by atoms with Crippen molar-refractivity contribution in [1.29, 1.82) is 0 Å². The molecule has 3 atom stereocenters. The Balaban J connectivity index is 1.32. The summed E-state index contributed by atoms with van der Waals surface area (Å²) in [6.45, 7) is 2.12. The van der Waals surface area contributed by atoms with Crippen molar-refractivity contribution in [3.05, 3.63) is 99.3 Å². The molecule has 2 aliphatic rings. The third-order valence-corrected chi connectivity index (χ3v) is 8.91. The number of nitrogens with two attached hydrogens (primary N) is 2. The molecule has 1 saturated heterocycles. The smallest absolute Gasteiger partial charge is 0.408 e. The number of likely N-dealkylation sites (tertiary alicyclic amines) is 1. The minimum Gasteiger partial charge on any atom is -0.496 e. The van der Waals surface area contributed by atoms with Crippen LogP contribution in [0.15, 0.2) is 77.1 Å². The second kappa shape index (κ2) is 20.2. The zero-order chi connectivity index (χ0) is 39.0. The molecule has 2 aromatic rings. The number of nitrogens with one attached hydrogen (secondary N) is 1. The van der Waals surface area contributed by atoms with Gasteiger partial charge in [-0.1, -0.05) is 72.2 Å². The molecule has 1 fully saturated rings. The number of hydrogen-bond acceptors (Lipinski definition) is 11. The van der Waals surface area contributed by atoms with Gasteiger partial charge in [0.2, 0.25) is 5.91 Å². The summed E-state index contributed by atoms with van der Waals surface area (Å²) < 4.78 is 20.9. The lowest BCUT2D eigenvalue weighted by Crippen LogP contribution is -2.42. The second-order valence-corrected chi connectivity index (χ2v) is 12.5. The number of allylic oxidation sites excluding steroid dienone is 4. The van der Waals surface area contributed by atoms with Crippen molar-refractivity contribution in [3.8, 4) is 23.7 Å². The molecule has 1 aliphatic carbocycles. The number of alkyl carbamates (subject to hydrolysis) is 1. The Hall–Kier alpha value is -6.11. The number of aryl methyl sites for hydroxylation is 1. The molecule has 2 aromatic carbocycles. The standard InChI is InChI=1S/C41H44N4O9/c1-27-32(21-37(51-2)35(26-46)34(27)13-7-16-53-39(48)20-29-9-5-11-31(19-29)24-43)12-6-17-54-41(50)44-33-22-36(40(49)52-3)45(25-33)38(47)15-14-28-8-4-10-30(18-28)23-42/h4-5,8-11,18-19,21,33-34,36H,14-17,20,22-25,42-43H2,1-3H3,(H,44,50). The summed E-state index contributed by atoms with van der Waals surface area (Å²) in [7, 11) is 2.65. The van der Waals surface area contributed by atoms with Gasteiger partial charge in [0.1, 0.15) is 17.7 Å². The Bertz CT molecular complexity index is 1970. The normalized spacial score (nSPS) is 17.5. The molecule has 282 valence electrons. The third-order valence-electron chi connectivity index (χ3n) is 8.91. The van der Waals surface area contributed by atoms with E-state index in [0.717, 1.165) is 22.3 Å². The average Bonchev–Trinajstić information content (AvgIpc) is 3.61. The Labute approximate surface area is 314 Å². The fourth-order valence-corrected chi connectivity index (χ4v) is 6.10. The van der Waals surface area contributed by atoms with Crippen molar-refractivity contribution in [2.45, 2.75) is 57.8 Å². The van der Waals surface area contributed by atoms with Gasteiger partial charge in [0.05, 0.1) is 38.2 Å². The van der Waals surface area contributed by atoms with Gasteiger partial charge in [0, 0.05) is 38.0 Å². The van der Waals surface area contributed by atoms with Crippen molar-refractivity contribution >= 4 is 29.9 Å². The third kappa shape index (κ3) is 11.2. The predicted octanol–water partition coefficient (Wildman–Crippen LogP) is 2.43. The fraction of sp³-hybridized carbons (Fsp3) is 0.366. The van der Waals surface area contributed by atoms with Crippen molar-refractivity contribution in [3.63, 3.8) is 0 Å². The second-order valence-electron chi connectivity index (χ2n) is 12.5. The molecule has 13 heteroatoms. The van der Waals surface area contributed by atoms with Crippen LogP contribution < -0.4 is 16.8 Å². The van der Waals surface area contributed by atoms with E-state index in [0.29, 0.717) is 30.7 Å². The number of carbonyl (C=O) groups is 4. The first-order valence-electron chi connectivity index (χ1n) is 17.3. The molecule has 5 N–H and O–H groups in total. The molecule has 3 unspecified atom stereocenters. The first-order chi connectivity index (χ1) is 26.1. The first kappa shape index (κ1) is 40.7. The van der Waals surface area contributed by atoms with Gasteiger partial charge >= 0.3 is 18.0 Å². The molecule has 0 spiro atoms. The van der Waals surface area contributed by atoms with E-state index in [1.165, 1.54) is 19.1 Å². The highest BCUT2D eigenvalue weighted by Crippen LogP contribution is 2.32. The minimum absolute atomic E-state index is 0.0621. The van der Waals surface area contributed by atoms with Gasteiger partial charge in [0.25, 0.3) is 0 Å². The van der Waals surface area contributed by atoms with E-state index in [1.54, 1.807) is 13.0 Å². The van der Waals surface area contributed by atoms with Gasteiger partial charge in [-0.05, 0) is 47.2 Å². The topological polar surface area (TPSA) is 190 Å². The Morgan fingerprint density at radius 2 is 1.59 bits per heavy atom. The Kier molecular flexibility index (Phi) is 15.2. The van der Waals surface area contributed by atoms with E-state index >= 15 is 0 Å². The van der Waals surface area contributed by atoms with Crippen LogP contribution in [0.4, 0.5) is 4.79 Å². The molecule has 0 saturated carbocycles. The highest BCUT2D eigenvalue weighted by molar-refractivity contribution is 5.86. The number of carbonyl (C=O) groups excluding carboxylic acids is 5. The lowest BCUT2D eigenvalue weighted by Gasteiger charge is -2.22. The highest BCUT2D eigenvalue weighted by Gasteiger charge is 2.40. The van der Waals surface area contributed by atoms with E-state index in [9.17, 15) is 24.0 Å². The molecule has 0 bridgehead atoms. The summed E-state index contributed by atoms with van der Waals surface area (Å²) in [5.74, 6) is 11.6. The number of rotatable bonds is 12. The van der Waals surface area contributed by atoms with Gasteiger partial charge in [-0.25, -0.2) is 14.4 Å². The molecular weight excluding hydrogens is 692 g/mol.